The molecular weight excluding hydrogens is 346 g/mol. The van der Waals surface area contributed by atoms with Gasteiger partial charge in [0.05, 0.1) is 5.69 Å². The summed E-state index contributed by atoms with van der Waals surface area (Å²) in [7, 11) is 0. The van der Waals surface area contributed by atoms with Crippen molar-refractivity contribution in [1.82, 2.24) is 0 Å². The van der Waals surface area contributed by atoms with Gasteiger partial charge in [0.2, 0.25) is 11.8 Å². The summed E-state index contributed by atoms with van der Waals surface area (Å²) in [6.07, 6.45) is 1.46. The van der Waals surface area contributed by atoms with Crippen LogP contribution in [0, 0.1) is 13.8 Å². The van der Waals surface area contributed by atoms with Gasteiger partial charge in [-0.2, -0.15) is 0 Å². The molecule has 26 heavy (non-hydrogen) atoms. The van der Waals surface area contributed by atoms with Crippen LogP contribution < -0.4 is 15.5 Å². The fourth-order valence-electron chi connectivity index (χ4n) is 3.02. The zero-order valence-corrected chi connectivity index (χ0v) is 15.7. The van der Waals surface area contributed by atoms with E-state index in [0.717, 1.165) is 22.5 Å². The Bertz CT molecular complexity index is 826. The van der Waals surface area contributed by atoms with Gasteiger partial charge in [-0.25, -0.2) is 0 Å². The minimum absolute atomic E-state index is 0.144. The molecule has 0 spiro atoms. The molecule has 1 aliphatic rings. The molecule has 134 valence electrons. The lowest BCUT2D eigenvalue weighted by Gasteiger charge is -2.25. The van der Waals surface area contributed by atoms with Crippen molar-refractivity contribution >= 4 is 46.2 Å². The van der Waals surface area contributed by atoms with Gasteiger partial charge in [0.25, 0.3) is 0 Å². The van der Waals surface area contributed by atoms with E-state index in [1.54, 1.807) is 12.1 Å². The number of para-hydroxylation sites is 1. The van der Waals surface area contributed by atoms with Gasteiger partial charge < -0.3 is 10.6 Å². The smallest absolute Gasteiger partial charge is 0.233 e. The predicted octanol–water partition coefficient (Wildman–Crippen LogP) is 4.16. The van der Waals surface area contributed by atoms with Crippen LogP contribution in [0.4, 0.5) is 17.1 Å². The van der Waals surface area contributed by atoms with E-state index in [1.165, 1.54) is 4.90 Å². The summed E-state index contributed by atoms with van der Waals surface area (Å²) in [5.74, 6) is -0.289. The Morgan fingerprint density at radius 2 is 1.50 bits per heavy atom. The fourth-order valence-corrected chi connectivity index (χ4v) is 3.24. The maximum atomic E-state index is 12.0. The fraction of sp³-hybridized carbons (Fsp3) is 0.250. The third-order valence-corrected chi connectivity index (χ3v) is 4.59. The summed E-state index contributed by atoms with van der Waals surface area (Å²) in [6, 6.07) is 13.2. The lowest BCUT2D eigenvalue weighted by molar-refractivity contribution is -0.129. The molecule has 2 aromatic rings. The number of hydrogen-bond donors (Lipinski definition) is 2. The van der Waals surface area contributed by atoms with Crippen LogP contribution >= 0.6 is 12.2 Å². The number of carbonyl (C=O) groups is 2. The molecule has 0 unspecified atom stereocenters. The van der Waals surface area contributed by atoms with Crippen LogP contribution in [0.1, 0.15) is 30.4 Å². The molecule has 1 aliphatic heterocycles. The summed E-state index contributed by atoms with van der Waals surface area (Å²) < 4.78 is 0. The van der Waals surface area contributed by atoms with E-state index < -0.39 is 0 Å². The highest BCUT2D eigenvalue weighted by Crippen LogP contribution is 2.24. The lowest BCUT2D eigenvalue weighted by atomic mass is 10.1. The zero-order valence-electron chi connectivity index (χ0n) is 14.8. The van der Waals surface area contributed by atoms with Crippen LogP contribution in [0.25, 0.3) is 0 Å². The number of nitrogens with zero attached hydrogens (tertiary/aromatic N) is 1. The number of thiocarbonyl (C=S) groups is 1. The van der Waals surface area contributed by atoms with E-state index in [2.05, 4.69) is 10.6 Å². The first kappa shape index (κ1) is 18.1. The number of amides is 2. The number of nitrogens with one attached hydrogen (secondary N) is 2. The van der Waals surface area contributed by atoms with Gasteiger partial charge in [0.15, 0.2) is 5.11 Å². The number of aryl methyl sites for hydroxylation is 2. The highest BCUT2D eigenvalue weighted by molar-refractivity contribution is 7.80. The molecule has 0 saturated carbocycles. The number of carbonyl (C=O) groups excluding carboxylic acids is 2. The topological polar surface area (TPSA) is 61.4 Å². The molecule has 2 amide bonds. The highest BCUT2D eigenvalue weighted by Gasteiger charge is 2.27. The molecule has 1 fully saturated rings. The largest absolute Gasteiger partial charge is 0.332 e. The summed E-state index contributed by atoms with van der Waals surface area (Å²) in [5.41, 5.74) is 4.61. The molecule has 5 nitrogen and oxygen atoms in total. The monoisotopic (exact) mass is 367 g/mol. The van der Waals surface area contributed by atoms with Crippen molar-refractivity contribution in [3.8, 4) is 0 Å². The van der Waals surface area contributed by atoms with Crippen molar-refractivity contribution < 1.29 is 9.59 Å². The molecule has 0 aliphatic carbocycles. The molecule has 3 rings (SSSR count). The van der Waals surface area contributed by atoms with Crippen LogP contribution in [-0.4, -0.2) is 16.9 Å². The quantitative estimate of drug-likeness (QED) is 0.630. The van der Waals surface area contributed by atoms with Gasteiger partial charge in [-0.1, -0.05) is 18.2 Å². The second-order valence-electron chi connectivity index (χ2n) is 6.37. The molecule has 2 N–H and O–H groups in total. The number of imide groups is 1. The summed E-state index contributed by atoms with van der Waals surface area (Å²) in [6.45, 7) is 4.05. The molecule has 0 atom stereocenters. The predicted molar refractivity (Wildman–Crippen MR) is 109 cm³/mol. The third-order valence-electron chi connectivity index (χ3n) is 4.38. The van der Waals surface area contributed by atoms with E-state index in [0.29, 0.717) is 30.1 Å². The van der Waals surface area contributed by atoms with Gasteiger partial charge >= 0.3 is 0 Å². The van der Waals surface area contributed by atoms with E-state index in [4.69, 9.17) is 12.2 Å². The lowest BCUT2D eigenvalue weighted by Crippen LogP contribution is -2.40. The van der Waals surface area contributed by atoms with Gasteiger partial charge in [0, 0.05) is 24.2 Å². The molecule has 0 bridgehead atoms. The van der Waals surface area contributed by atoms with Crippen molar-refractivity contribution in [2.45, 2.75) is 33.1 Å². The number of anilines is 3. The maximum absolute atomic E-state index is 12.0. The van der Waals surface area contributed by atoms with E-state index in [1.807, 2.05) is 44.2 Å². The summed E-state index contributed by atoms with van der Waals surface area (Å²) >= 11 is 5.39. The van der Waals surface area contributed by atoms with Crippen molar-refractivity contribution in [3.63, 3.8) is 0 Å². The Morgan fingerprint density at radius 1 is 0.923 bits per heavy atom. The first-order valence-corrected chi connectivity index (χ1v) is 8.96. The van der Waals surface area contributed by atoms with Crippen LogP contribution in [0.15, 0.2) is 42.5 Å². The van der Waals surface area contributed by atoms with Gasteiger partial charge in [-0.15, -0.1) is 0 Å². The Kier molecular flexibility index (Phi) is 5.32. The highest BCUT2D eigenvalue weighted by atomic mass is 32.1. The Balaban J connectivity index is 1.68. The molecule has 6 heteroatoms. The second kappa shape index (κ2) is 7.66. The average Bonchev–Trinajstić information content (AvgIpc) is 2.60. The molecule has 0 aromatic heterocycles. The van der Waals surface area contributed by atoms with Crippen LogP contribution in [0.3, 0.4) is 0 Å². The van der Waals surface area contributed by atoms with E-state index in [9.17, 15) is 9.59 Å². The van der Waals surface area contributed by atoms with Crippen LogP contribution in [0.2, 0.25) is 0 Å². The standard InChI is InChI=1S/C20H21N3O2S/c1-13-5-3-6-14(2)19(13)22-20(26)21-15-9-11-16(12-10-15)23-17(24)7-4-8-18(23)25/h3,5-6,9-12H,4,7-8H2,1-2H3,(H2,21,22,26). The first-order chi connectivity index (χ1) is 12.5. The Morgan fingerprint density at radius 3 is 2.08 bits per heavy atom. The number of hydrogen-bond acceptors (Lipinski definition) is 3. The van der Waals surface area contributed by atoms with Crippen molar-refractivity contribution in [1.29, 1.82) is 0 Å². The van der Waals surface area contributed by atoms with E-state index >= 15 is 0 Å². The zero-order chi connectivity index (χ0) is 18.7. The Hall–Kier alpha value is -2.73. The van der Waals surface area contributed by atoms with Crippen molar-refractivity contribution in [2.75, 3.05) is 15.5 Å². The minimum atomic E-state index is -0.144. The third kappa shape index (κ3) is 3.91. The SMILES string of the molecule is Cc1cccc(C)c1NC(=S)Nc1ccc(N2C(=O)CCCC2=O)cc1. The molecule has 1 saturated heterocycles. The first-order valence-electron chi connectivity index (χ1n) is 8.56. The maximum Gasteiger partial charge on any atom is 0.233 e. The minimum Gasteiger partial charge on any atom is -0.332 e. The van der Waals surface area contributed by atoms with Gasteiger partial charge in [0.1, 0.15) is 0 Å². The van der Waals surface area contributed by atoms with Gasteiger partial charge in [-0.05, 0) is 67.9 Å². The summed E-state index contributed by atoms with van der Waals surface area (Å²) in [5, 5.41) is 6.84. The summed E-state index contributed by atoms with van der Waals surface area (Å²) in [4.78, 5) is 25.3. The van der Waals surface area contributed by atoms with Crippen molar-refractivity contribution in [2.24, 2.45) is 0 Å². The second-order valence-corrected chi connectivity index (χ2v) is 6.78. The van der Waals surface area contributed by atoms with Crippen LogP contribution in [-0.2, 0) is 9.59 Å². The van der Waals surface area contributed by atoms with Gasteiger partial charge in [-0.3, -0.25) is 14.5 Å². The van der Waals surface area contributed by atoms with E-state index in [-0.39, 0.29) is 11.8 Å². The molecule has 0 radical (unpaired) electrons. The molecule has 2 aromatic carbocycles. The normalized spacial score (nSPS) is 14.3. The number of benzene rings is 2. The molecule has 1 heterocycles. The average molecular weight is 367 g/mol. The molecular formula is C20H21N3O2S. The van der Waals surface area contributed by atoms with Crippen molar-refractivity contribution in [3.05, 3.63) is 53.6 Å². The number of rotatable bonds is 3. The van der Waals surface area contributed by atoms with Crippen LogP contribution in [0.5, 0.6) is 0 Å². The Labute approximate surface area is 158 Å². The number of piperidine rings is 1.